The van der Waals surface area contributed by atoms with Crippen molar-refractivity contribution < 1.29 is 8.81 Å². The molecule has 1 aliphatic rings. The molecular formula is C15H18ClFN2O. The van der Waals surface area contributed by atoms with Gasteiger partial charge in [-0.15, -0.1) is 12.4 Å². The number of hydrogen-bond donors (Lipinski definition) is 1. The van der Waals surface area contributed by atoms with Crippen LogP contribution in [0.25, 0.3) is 0 Å². The van der Waals surface area contributed by atoms with Gasteiger partial charge >= 0.3 is 0 Å². The van der Waals surface area contributed by atoms with E-state index in [2.05, 4.69) is 10.2 Å². The summed E-state index contributed by atoms with van der Waals surface area (Å²) in [5.41, 5.74) is 0.942. The van der Waals surface area contributed by atoms with Crippen molar-refractivity contribution in [2.45, 2.75) is 6.04 Å². The van der Waals surface area contributed by atoms with Crippen molar-refractivity contribution in [3.05, 3.63) is 59.8 Å². The van der Waals surface area contributed by atoms with Crippen LogP contribution in [0.3, 0.4) is 0 Å². The molecule has 0 saturated carbocycles. The first-order valence-electron chi connectivity index (χ1n) is 6.58. The third kappa shape index (κ3) is 3.20. The number of piperazine rings is 1. The standard InChI is InChI=1S/C15H17FN2O.ClH/c16-13-4-1-3-12(11-13)15(14-5-2-10-19-14)18-8-6-17-7-9-18;/h1-5,10-11,15,17H,6-9H2;1H/t15-;/m1./s1. The van der Waals surface area contributed by atoms with Crippen molar-refractivity contribution >= 4 is 12.4 Å². The Bertz CT molecular complexity index is 526. The third-order valence-corrected chi connectivity index (χ3v) is 3.49. The van der Waals surface area contributed by atoms with Gasteiger partial charge in [-0.3, -0.25) is 4.90 Å². The molecule has 0 radical (unpaired) electrons. The molecule has 1 fully saturated rings. The highest BCUT2D eigenvalue weighted by atomic mass is 35.5. The lowest BCUT2D eigenvalue weighted by molar-refractivity contribution is 0.180. The van der Waals surface area contributed by atoms with E-state index in [0.29, 0.717) is 0 Å². The lowest BCUT2D eigenvalue weighted by Crippen LogP contribution is -2.45. The second-order valence-corrected chi connectivity index (χ2v) is 4.76. The van der Waals surface area contributed by atoms with E-state index in [-0.39, 0.29) is 24.3 Å². The van der Waals surface area contributed by atoms with Crippen LogP contribution in [-0.2, 0) is 0 Å². The van der Waals surface area contributed by atoms with Crippen molar-refractivity contribution in [1.29, 1.82) is 0 Å². The Morgan fingerprint density at radius 3 is 2.60 bits per heavy atom. The van der Waals surface area contributed by atoms with E-state index in [4.69, 9.17) is 4.42 Å². The molecule has 0 unspecified atom stereocenters. The zero-order valence-electron chi connectivity index (χ0n) is 11.1. The molecule has 2 heterocycles. The predicted molar refractivity (Wildman–Crippen MR) is 78.6 cm³/mol. The minimum Gasteiger partial charge on any atom is -0.467 e. The van der Waals surface area contributed by atoms with E-state index in [1.54, 1.807) is 18.4 Å². The van der Waals surface area contributed by atoms with Gasteiger partial charge in [-0.05, 0) is 29.8 Å². The van der Waals surface area contributed by atoms with Crippen molar-refractivity contribution in [2.75, 3.05) is 26.2 Å². The molecule has 0 amide bonds. The number of halogens is 2. The summed E-state index contributed by atoms with van der Waals surface area (Å²) < 4.78 is 19.0. The normalized spacial score (nSPS) is 17.4. The molecule has 0 bridgehead atoms. The molecular weight excluding hydrogens is 279 g/mol. The summed E-state index contributed by atoms with van der Waals surface area (Å²) in [7, 11) is 0. The average molecular weight is 297 g/mol. The molecule has 1 aliphatic heterocycles. The lowest BCUT2D eigenvalue weighted by atomic mass is 10.0. The highest BCUT2D eigenvalue weighted by Gasteiger charge is 2.26. The quantitative estimate of drug-likeness (QED) is 0.944. The number of nitrogens with one attached hydrogen (secondary N) is 1. The van der Waals surface area contributed by atoms with Crippen LogP contribution in [0.1, 0.15) is 17.4 Å². The number of nitrogens with zero attached hydrogens (tertiary/aromatic N) is 1. The van der Waals surface area contributed by atoms with Gasteiger partial charge in [0.25, 0.3) is 0 Å². The molecule has 1 aromatic heterocycles. The summed E-state index contributed by atoms with van der Waals surface area (Å²) in [6.45, 7) is 3.77. The number of furan rings is 1. The zero-order valence-corrected chi connectivity index (χ0v) is 11.9. The second-order valence-electron chi connectivity index (χ2n) is 4.76. The third-order valence-electron chi connectivity index (χ3n) is 3.49. The largest absolute Gasteiger partial charge is 0.467 e. The Balaban J connectivity index is 0.00000147. The van der Waals surface area contributed by atoms with Crippen LogP contribution in [0.5, 0.6) is 0 Å². The average Bonchev–Trinajstić information content (AvgIpc) is 2.94. The predicted octanol–water partition coefficient (Wildman–Crippen LogP) is 2.84. The minimum absolute atomic E-state index is 0. The van der Waals surface area contributed by atoms with Crippen LogP contribution >= 0.6 is 12.4 Å². The number of rotatable bonds is 3. The zero-order chi connectivity index (χ0) is 13.1. The van der Waals surface area contributed by atoms with Crippen LogP contribution in [-0.4, -0.2) is 31.1 Å². The maximum absolute atomic E-state index is 13.5. The number of hydrogen-bond acceptors (Lipinski definition) is 3. The van der Waals surface area contributed by atoms with Crippen LogP contribution < -0.4 is 5.32 Å². The summed E-state index contributed by atoms with van der Waals surface area (Å²) in [4.78, 5) is 2.32. The molecule has 1 atom stereocenters. The molecule has 1 aromatic carbocycles. The van der Waals surface area contributed by atoms with Crippen molar-refractivity contribution in [2.24, 2.45) is 0 Å². The summed E-state index contributed by atoms with van der Waals surface area (Å²) in [6, 6.07) is 10.6. The fourth-order valence-electron chi connectivity index (χ4n) is 2.62. The van der Waals surface area contributed by atoms with E-state index < -0.39 is 0 Å². The van der Waals surface area contributed by atoms with Crippen LogP contribution in [0, 0.1) is 5.82 Å². The van der Waals surface area contributed by atoms with Gasteiger partial charge in [0.2, 0.25) is 0 Å². The van der Waals surface area contributed by atoms with Crippen LogP contribution in [0.15, 0.2) is 47.1 Å². The Morgan fingerprint density at radius 2 is 1.95 bits per heavy atom. The van der Waals surface area contributed by atoms with Gasteiger partial charge in [-0.2, -0.15) is 0 Å². The van der Waals surface area contributed by atoms with E-state index in [0.717, 1.165) is 37.5 Å². The fourth-order valence-corrected chi connectivity index (χ4v) is 2.62. The molecule has 5 heteroatoms. The molecule has 3 rings (SSSR count). The van der Waals surface area contributed by atoms with Gasteiger partial charge in [-0.25, -0.2) is 4.39 Å². The maximum Gasteiger partial charge on any atom is 0.125 e. The van der Waals surface area contributed by atoms with E-state index in [9.17, 15) is 4.39 Å². The van der Waals surface area contributed by atoms with Crippen LogP contribution in [0.2, 0.25) is 0 Å². The molecule has 20 heavy (non-hydrogen) atoms. The van der Waals surface area contributed by atoms with Gasteiger partial charge in [0.15, 0.2) is 0 Å². The molecule has 108 valence electrons. The number of benzene rings is 1. The van der Waals surface area contributed by atoms with Gasteiger partial charge < -0.3 is 9.73 Å². The van der Waals surface area contributed by atoms with Gasteiger partial charge in [-0.1, -0.05) is 12.1 Å². The highest BCUT2D eigenvalue weighted by Crippen LogP contribution is 2.29. The van der Waals surface area contributed by atoms with Gasteiger partial charge in [0.1, 0.15) is 11.6 Å². The molecule has 1 N–H and O–H groups in total. The van der Waals surface area contributed by atoms with Crippen LogP contribution in [0.4, 0.5) is 4.39 Å². The van der Waals surface area contributed by atoms with E-state index in [1.807, 2.05) is 18.2 Å². The fraction of sp³-hybridized carbons (Fsp3) is 0.333. The molecule has 1 saturated heterocycles. The monoisotopic (exact) mass is 296 g/mol. The minimum atomic E-state index is -0.204. The molecule has 2 aromatic rings. The van der Waals surface area contributed by atoms with E-state index in [1.165, 1.54) is 6.07 Å². The SMILES string of the molecule is Cl.Fc1cccc([C@H](c2ccco2)N2CCNCC2)c1. The molecule has 0 aliphatic carbocycles. The highest BCUT2D eigenvalue weighted by molar-refractivity contribution is 5.85. The topological polar surface area (TPSA) is 28.4 Å². The Labute approximate surface area is 124 Å². The van der Waals surface area contributed by atoms with E-state index >= 15 is 0 Å². The Kier molecular flexibility index (Phi) is 5.17. The summed E-state index contributed by atoms with van der Waals surface area (Å²) in [5.74, 6) is 0.664. The second kappa shape index (κ2) is 6.88. The maximum atomic E-state index is 13.5. The Morgan fingerprint density at radius 1 is 1.15 bits per heavy atom. The lowest BCUT2D eigenvalue weighted by Gasteiger charge is -2.34. The van der Waals surface area contributed by atoms with Gasteiger partial charge in [0, 0.05) is 26.2 Å². The van der Waals surface area contributed by atoms with Crippen molar-refractivity contribution in [3.63, 3.8) is 0 Å². The first-order chi connectivity index (χ1) is 9.34. The summed E-state index contributed by atoms with van der Waals surface area (Å²) in [6.07, 6.45) is 1.67. The summed E-state index contributed by atoms with van der Waals surface area (Å²) >= 11 is 0. The molecule has 0 spiro atoms. The molecule has 3 nitrogen and oxygen atoms in total. The Hall–Kier alpha value is -1.36. The van der Waals surface area contributed by atoms with Crippen molar-refractivity contribution in [1.82, 2.24) is 10.2 Å². The van der Waals surface area contributed by atoms with Gasteiger partial charge in [0.05, 0.1) is 12.3 Å². The van der Waals surface area contributed by atoms with Crippen molar-refractivity contribution in [3.8, 4) is 0 Å². The smallest absolute Gasteiger partial charge is 0.125 e. The summed E-state index contributed by atoms with van der Waals surface area (Å²) in [5, 5.41) is 3.33. The first kappa shape index (κ1) is 15.0. The first-order valence-corrected chi connectivity index (χ1v) is 6.58.